The first kappa shape index (κ1) is 20.5. The van der Waals surface area contributed by atoms with Crippen LogP contribution in [0.3, 0.4) is 0 Å². The molecule has 0 saturated carbocycles. The van der Waals surface area contributed by atoms with Crippen molar-refractivity contribution in [3.05, 3.63) is 77.6 Å². The summed E-state index contributed by atoms with van der Waals surface area (Å²) in [5.41, 5.74) is 3.24. The third-order valence-corrected chi connectivity index (χ3v) is 4.46. The van der Waals surface area contributed by atoms with Crippen LogP contribution in [0.2, 0.25) is 0 Å². The van der Waals surface area contributed by atoms with Crippen LogP contribution in [0.4, 0.5) is 5.69 Å². The molecular formula is C22H24N4O2S. The van der Waals surface area contributed by atoms with Crippen molar-refractivity contribution in [3.63, 3.8) is 0 Å². The van der Waals surface area contributed by atoms with Gasteiger partial charge in [-0.1, -0.05) is 36.4 Å². The molecule has 0 atom stereocenters. The van der Waals surface area contributed by atoms with Gasteiger partial charge in [0, 0.05) is 24.7 Å². The van der Waals surface area contributed by atoms with Crippen molar-refractivity contribution in [2.24, 2.45) is 0 Å². The van der Waals surface area contributed by atoms with Crippen molar-refractivity contribution in [3.8, 4) is 5.75 Å². The lowest BCUT2D eigenvalue weighted by molar-refractivity contribution is 0.0967. The summed E-state index contributed by atoms with van der Waals surface area (Å²) in [4.78, 5) is 12.5. The average Bonchev–Trinajstić information content (AvgIpc) is 3.10. The number of ether oxygens (including phenoxy) is 1. The molecule has 0 unspecified atom stereocenters. The number of thiocarbonyl (C=S) groups is 1. The molecule has 7 heteroatoms. The van der Waals surface area contributed by atoms with Gasteiger partial charge in [-0.3, -0.25) is 14.8 Å². The maximum Gasteiger partial charge on any atom is 0.275 e. The van der Waals surface area contributed by atoms with Crippen LogP contribution in [0.25, 0.3) is 0 Å². The number of rotatable bonds is 7. The van der Waals surface area contributed by atoms with Crippen molar-refractivity contribution >= 4 is 28.9 Å². The highest BCUT2D eigenvalue weighted by Crippen LogP contribution is 2.18. The van der Waals surface area contributed by atoms with Crippen molar-refractivity contribution in [2.45, 2.75) is 26.8 Å². The molecular weight excluding hydrogens is 384 g/mol. The molecule has 0 aliphatic heterocycles. The average molecular weight is 409 g/mol. The number of carbonyl (C=O) groups is 1. The van der Waals surface area contributed by atoms with Gasteiger partial charge in [-0.15, -0.1) is 0 Å². The molecule has 0 aliphatic carbocycles. The van der Waals surface area contributed by atoms with E-state index in [4.69, 9.17) is 17.0 Å². The molecule has 150 valence electrons. The third kappa shape index (κ3) is 5.89. The molecule has 3 aromatic rings. The second-order valence-corrected chi connectivity index (χ2v) is 6.92. The number of carbonyl (C=O) groups excluding carboxylic acids is 1. The minimum atomic E-state index is -0.291. The molecule has 1 heterocycles. The molecule has 0 bridgehead atoms. The molecule has 0 radical (unpaired) electrons. The number of nitrogens with zero attached hydrogens (tertiary/aromatic N) is 2. The Labute approximate surface area is 175 Å². The maximum atomic E-state index is 12.5. The van der Waals surface area contributed by atoms with E-state index in [-0.39, 0.29) is 11.0 Å². The zero-order valence-electron chi connectivity index (χ0n) is 16.5. The van der Waals surface area contributed by atoms with Gasteiger partial charge in [0.1, 0.15) is 11.4 Å². The third-order valence-electron chi connectivity index (χ3n) is 4.26. The highest BCUT2D eigenvalue weighted by molar-refractivity contribution is 7.80. The second-order valence-electron chi connectivity index (χ2n) is 6.51. The topological polar surface area (TPSA) is 68.2 Å². The Morgan fingerprint density at radius 1 is 1.14 bits per heavy atom. The largest absolute Gasteiger partial charge is 0.493 e. The lowest BCUT2D eigenvalue weighted by Crippen LogP contribution is -2.35. The molecule has 3 rings (SSSR count). The highest BCUT2D eigenvalue weighted by atomic mass is 32.1. The van der Waals surface area contributed by atoms with E-state index in [2.05, 4.69) is 27.9 Å². The van der Waals surface area contributed by atoms with Crippen LogP contribution in [0.5, 0.6) is 5.75 Å². The van der Waals surface area contributed by atoms with Gasteiger partial charge in [0.25, 0.3) is 5.91 Å². The Bertz CT molecular complexity index is 985. The van der Waals surface area contributed by atoms with Crippen molar-refractivity contribution in [1.29, 1.82) is 0 Å². The summed E-state index contributed by atoms with van der Waals surface area (Å²) in [7, 11) is 0. The summed E-state index contributed by atoms with van der Waals surface area (Å²) >= 11 is 5.28. The van der Waals surface area contributed by atoms with Crippen LogP contribution < -0.4 is 15.4 Å². The molecule has 2 N–H and O–H groups in total. The van der Waals surface area contributed by atoms with E-state index < -0.39 is 0 Å². The first-order valence-electron chi connectivity index (χ1n) is 9.48. The Morgan fingerprint density at radius 2 is 1.93 bits per heavy atom. The minimum absolute atomic E-state index is 0.220. The second kappa shape index (κ2) is 9.84. The van der Waals surface area contributed by atoms with Gasteiger partial charge in [0.15, 0.2) is 5.11 Å². The van der Waals surface area contributed by atoms with Gasteiger partial charge in [-0.2, -0.15) is 5.10 Å². The van der Waals surface area contributed by atoms with E-state index in [1.54, 1.807) is 10.7 Å². The van der Waals surface area contributed by atoms with Crippen LogP contribution in [-0.2, 0) is 13.0 Å². The van der Waals surface area contributed by atoms with E-state index >= 15 is 0 Å². The summed E-state index contributed by atoms with van der Waals surface area (Å²) in [6, 6.07) is 19.4. The maximum absolute atomic E-state index is 12.5. The quantitative estimate of drug-likeness (QED) is 0.579. The van der Waals surface area contributed by atoms with E-state index in [1.807, 2.05) is 56.3 Å². The van der Waals surface area contributed by atoms with Crippen LogP contribution in [0, 0.1) is 6.92 Å². The molecule has 0 saturated heterocycles. The van der Waals surface area contributed by atoms with Crippen LogP contribution >= 0.6 is 12.2 Å². The first-order valence-corrected chi connectivity index (χ1v) is 9.89. The Hall–Kier alpha value is -3.19. The van der Waals surface area contributed by atoms with E-state index in [1.165, 1.54) is 5.56 Å². The predicted octanol–water partition coefficient (Wildman–Crippen LogP) is 3.96. The zero-order chi connectivity index (χ0) is 20.6. The summed E-state index contributed by atoms with van der Waals surface area (Å²) < 4.78 is 7.48. The first-order chi connectivity index (χ1) is 14.0. The number of amides is 1. The van der Waals surface area contributed by atoms with Gasteiger partial charge in [0.05, 0.1) is 12.3 Å². The van der Waals surface area contributed by atoms with Crippen LogP contribution in [0.15, 0.2) is 60.7 Å². The molecule has 0 aliphatic rings. The molecule has 1 amide bonds. The lowest BCUT2D eigenvalue weighted by atomic mass is 10.2. The number of benzene rings is 2. The highest BCUT2D eigenvalue weighted by Gasteiger charge is 2.14. The monoisotopic (exact) mass is 408 g/mol. The van der Waals surface area contributed by atoms with E-state index in [0.717, 1.165) is 23.6 Å². The zero-order valence-corrected chi connectivity index (χ0v) is 17.3. The van der Waals surface area contributed by atoms with Crippen molar-refractivity contribution in [2.75, 3.05) is 11.9 Å². The van der Waals surface area contributed by atoms with Crippen molar-refractivity contribution < 1.29 is 9.53 Å². The van der Waals surface area contributed by atoms with Gasteiger partial charge in [-0.25, -0.2) is 0 Å². The normalized spacial score (nSPS) is 10.4. The SMILES string of the molecule is CCn1nc(C)cc1C(=O)NC(=S)Nc1cccc(OCCc2ccccc2)c1. The fourth-order valence-electron chi connectivity index (χ4n) is 2.89. The van der Waals surface area contributed by atoms with Gasteiger partial charge in [0.2, 0.25) is 0 Å². The summed E-state index contributed by atoms with van der Waals surface area (Å²) in [5.74, 6) is 0.444. The molecule has 29 heavy (non-hydrogen) atoms. The van der Waals surface area contributed by atoms with Crippen LogP contribution in [0.1, 0.15) is 28.7 Å². The van der Waals surface area contributed by atoms with Gasteiger partial charge >= 0.3 is 0 Å². The van der Waals surface area contributed by atoms with Crippen LogP contribution in [-0.4, -0.2) is 27.4 Å². The summed E-state index contributed by atoms with van der Waals surface area (Å²) in [6.45, 7) is 4.97. The molecule has 6 nitrogen and oxygen atoms in total. The molecule has 0 fully saturated rings. The number of hydrogen-bond donors (Lipinski definition) is 2. The fourth-order valence-corrected chi connectivity index (χ4v) is 3.10. The fraction of sp³-hybridized carbons (Fsp3) is 0.227. The summed E-state index contributed by atoms with van der Waals surface area (Å²) in [5, 5.41) is 10.2. The van der Waals surface area contributed by atoms with Crippen molar-refractivity contribution in [1.82, 2.24) is 15.1 Å². The molecule has 1 aromatic heterocycles. The number of aromatic nitrogens is 2. The Balaban J connectivity index is 1.53. The van der Waals surface area contributed by atoms with E-state index in [0.29, 0.717) is 18.8 Å². The number of aryl methyl sites for hydroxylation is 2. The number of nitrogens with one attached hydrogen (secondary N) is 2. The lowest BCUT2D eigenvalue weighted by Gasteiger charge is -2.12. The Morgan fingerprint density at radius 3 is 2.69 bits per heavy atom. The molecule has 0 spiro atoms. The predicted molar refractivity (Wildman–Crippen MR) is 118 cm³/mol. The van der Waals surface area contributed by atoms with Gasteiger partial charge < -0.3 is 10.1 Å². The molecule has 2 aromatic carbocycles. The Kier molecular flexibility index (Phi) is 6.97. The standard InChI is InChI=1S/C22H24N4O2S/c1-3-26-20(14-16(2)25-26)21(27)24-22(29)23-18-10-7-11-19(15-18)28-13-12-17-8-5-4-6-9-17/h4-11,14-15H,3,12-13H2,1-2H3,(H2,23,24,27,29). The van der Waals surface area contributed by atoms with Gasteiger partial charge in [-0.05, 0) is 49.8 Å². The summed E-state index contributed by atoms with van der Waals surface area (Å²) in [6.07, 6.45) is 0.831. The van der Waals surface area contributed by atoms with E-state index in [9.17, 15) is 4.79 Å². The minimum Gasteiger partial charge on any atom is -0.493 e. The smallest absolute Gasteiger partial charge is 0.275 e. The number of hydrogen-bond acceptors (Lipinski definition) is 4. The number of anilines is 1.